The number of nitrogens with zero attached hydrogens (tertiary/aromatic N) is 3. The lowest BCUT2D eigenvalue weighted by molar-refractivity contribution is -0.383. The normalized spacial score (nSPS) is 10.9. The van der Waals surface area contributed by atoms with Gasteiger partial charge < -0.3 is 5.73 Å². The highest BCUT2D eigenvalue weighted by atomic mass is 35.5. The molecule has 0 amide bonds. The van der Waals surface area contributed by atoms with Gasteiger partial charge in [-0.2, -0.15) is 5.11 Å². The highest BCUT2D eigenvalue weighted by Crippen LogP contribution is 2.31. The van der Waals surface area contributed by atoms with E-state index in [4.69, 9.17) is 28.9 Å². The summed E-state index contributed by atoms with van der Waals surface area (Å²) in [5.41, 5.74) is 6.05. The molecule has 0 heterocycles. The van der Waals surface area contributed by atoms with E-state index in [0.29, 0.717) is 21.4 Å². The van der Waals surface area contributed by atoms with Gasteiger partial charge in [-0.3, -0.25) is 10.1 Å². The number of nitrogens with two attached hydrogens (primary N) is 1. The molecule has 0 saturated heterocycles. The molecule has 2 aromatic carbocycles. The first-order chi connectivity index (χ1) is 9.47. The highest BCUT2D eigenvalue weighted by molar-refractivity contribution is 6.36. The second-order valence-electron chi connectivity index (χ2n) is 3.80. The SMILES string of the molecule is Nc1ccc(N=Nc2ccc(Cl)cc2Cl)cc1[N+](=O)[O-]. The Hall–Kier alpha value is -2.18. The predicted molar refractivity (Wildman–Crippen MR) is 78.1 cm³/mol. The van der Waals surface area contributed by atoms with Crippen LogP contribution in [0.5, 0.6) is 0 Å². The molecule has 0 fully saturated rings. The molecule has 0 bridgehead atoms. The number of hydrogen-bond acceptors (Lipinski definition) is 5. The van der Waals surface area contributed by atoms with Gasteiger partial charge in [-0.1, -0.05) is 23.2 Å². The van der Waals surface area contributed by atoms with Gasteiger partial charge in [0, 0.05) is 11.1 Å². The summed E-state index contributed by atoms with van der Waals surface area (Å²) in [4.78, 5) is 10.2. The van der Waals surface area contributed by atoms with Gasteiger partial charge in [-0.25, -0.2) is 0 Å². The van der Waals surface area contributed by atoms with Crippen LogP contribution in [0.15, 0.2) is 46.6 Å². The second-order valence-corrected chi connectivity index (χ2v) is 4.64. The first kappa shape index (κ1) is 14.2. The van der Waals surface area contributed by atoms with Crippen LogP contribution in [0.25, 0.3) is 0 Å². The smallest absolute Gasteiger partial charge is 0.294 e. The monoisotopic (exact) mass is 310 g/mol. The van der Waals surface area contributed by atoms with Crippen LogP contribution in [0.4, 0.5) is 22.7 Å². The second kappa shape index (κ2) is 5.85. The van der Waals surface area contributed by atoms with Crippen LogP contribution in [0, 0.1) is 10.1 Å². The standard InChI is InChI=1S/C12H8Cl2N4O2/c13-7-1-4-11(9(14)5-7)17-16-8-2-3-10(15)12(6-8)18(19)20/h1-6H,15H2. The van der Waals surface area contributed by atoms with E-state index in [1.165, 1.54) is 24.3 Å². The van der Waals surface area contributed by atoms with Gasteiger partial charge in [0.05, 0.1) is 15.6 Å². The quantitative estimate of drug-likeness (QED) is 0.378. The molecule has 20 heavy (non-hydrogen) atoms. The molecule has 0 atom stereocenters. The topological polar surface area (TPSA) is 93.9 Å². The molecule has 2 aromatic rings. The van der Waals surface area contributed by atoms with E-state index >= 15 is 0 Å². The lowest BCUT2D eigenvalue weighted by Gasteiger charge is -1.99. The van der Waals surface area contributed by atoms with Crippen molar-refractivity contribution in [3.8, 4) is 0 Å². The van der Waals surface area contributed by atoms with Crippen LogP contribution < -0.4 is 5.73 Å². The number of nitro groups is 1. The molecule has 2 rings (SSSR count). The van der Waals surface area contributed by atoms with Gasteiger partial charge in [-0.15, -0.1) is 5.11 Å². The van der Waals surface area contributed by atoms with Crippen molar-refractivity contribution < 1.29 is 4.92 Å². The largest absolute Gasteiger partial charge is 0.393 e. The molecule has 0 aromatic heterocycles. The van der Waals surface area contributed by atoms with Crippen LogP contribution in [0.3, 0.4) is 0 Å². The molecule has 0 spiro atoms. The fraction of sp³-hybridized carbons (Fsp3) is 0. The molecule has 0 unspecified atom stereocenters. The Kier molecular flexibility index (Phi) is 4.16. The van der Waals surface area contributed by atoms with Crippen LogP contribution >= 0.6 is 23.2 Å². The van der Waals surface area contributed by atoms with E-state index in [9.17, 15) is 10.1 Å². The van der Waals surface area contributed by atoms with Crippen LogP contribution in [0.1, 0.15) is 0 Å². The number of benzene rings is 2. The molecule has 0 aliphatic carbocycles. The van der Waals surface area contributed by atoms with Gasteiger partial charge in [0.15, 0.2) is 0 Å². The van der Waals surface area contributed by atoms with Gasteiger partial charge in [0.25, 0.3) is 5.69 Å². The summed E-state index contributed by atoms with van der Waals surface area (Å²) >= 11 is 11.7. The number of hydrogen-bond donors (Lipinski definition) is 1. The zero-order valence-electron chi connectivity index (χ0n) is 9.96. The number of rotatable bonds is 3. The van der Waals surface area contributed by atoms with Crippen LogP contribution in [0.2, 0.25) is 10.0 Å². The summed E-state index contributed by atoms with van der Waals surface area (Å²) in [5, 5.41) is 19.4. The van der Waals surface area contributed by atoms with Crippen LogP contribution in [-0.4, -0.2) is 4.92 Å². The summed E-state index contributed by atoms with van der Waals surface area (Å²) in [7, 11) is 0. The summed E-state index contributed by atoms with van der Waals surface area (Å²) < 4.78 is 0. The third kappa shape index (κ3) is 3.23. The first-order valence-corrected chi connectivity index (χ1v) is 6.13. The molecule has 2 N–H and O–H groups in total. The molecule has 0 saturated carbocycles. The predicted octanol–water partition coefficient (Wildman–Crippen LogP) is 4.90. The Morgan fingerprint density at radius 2 is 1.85 bits per heavy atom. The molecule has 0 aliphatic heterocycles. The average Bonchev–Trinajstić information content (AvgIpc) is 2.39. The maximum absolute atomic E-state index is 10.8. The number of nitrogen functional groups attached to an aromatic ring is 1. The average molecular weight is 311 g/mol. The Morgan fingerprint density at radius 1 is 1.10 bits per heavy atom. The Bertz CT molecular complexity index is 704. The maximum Gasteiger partial charge on any atom is 0.294 e. The summed E-state index contributed by atoms with van der Waals surface area (Å²) in [6.45, 7) is 0. The van der Waals surface area contributed by atoms with E-state index in [1.54, 1.807) is 12.1 Å². The van der Waals surface area contributed by atoms with E-state index in [1.807, 2.05) is 0 Å². The molecule has 6 nitrogen and oxygen atoms in total. The van der Waals surface area contributed by atoms with Crippen molar-refractivity contribution in [1.82, 2.24) is 0 Å². The number of azo groups is 1. The van der Waals surface area contributed by atoms with E-state index in [-0.39, 0.29) is 11.4 Å². The third-order valence-electron chi connectivity index (χ3n) is 2.39. The molecule has 102 valence electrons. The molecular formula is C12H8Cl2N4O2. The van der Waals surface area contributed by atoms with E-state index < -0.39 is 4.92 Å². The fourth-order valence-electron chi connectivity index (χ4n) is 1.43. The Balaban J connectivity index is 2.32. The lowest BCUT2D eigenvalue weighted by Crippen LogP contribution is -1.94. The molecular weight excluding hydrogens is 303 g/mol. The summed E-state index contributed by atoms with van der Waals surface area (Å²) in [6, 6.07) is 8.91. The van der Waals surface area contributed by atoms with Crippen molar-refractivity contribution in [2.45, 2.75) is 0 Å². The minimum absolute atomic E-state index is 0.0680. The van der Waals surface area contributed by atoms with Crippen molar-refractivity contribution >= 4 is 46.0 Å². The van der Waals surface area contributed by atoms with Gasteiger partial charge in [-0.05, 0) is 30.3 Å². The van der Waals surface area contributed by atoms with E-state index in [0.717, 1.165) is 0 Å². The zero-order valence-corrected chi connectivity index (χ0v) is 11.5. The molecule has 0 aliphatic rings. The highest BCUT2D eigenvalue weighted by Gasteiger charge is 2.11. The van der Waals surface area contributed by atoms with Gasteiger partial charge in [0.2, 0.25) is 0 Å². The van der Waals surface area contributed by atoms with Crippen molar-refractivity contribution in [3.63, 3.8) is 0 Å². The van der Waals surface area contributed by atoms with Crippen molar-refractivity contribution in [2.24, 2.45) is 10.2 Å². The maximum atomic E-state index is 10.8. The van der Waals surface area contributed by atoms with Gasteiger partial charge in [0.1, 0.15) is 11.4 Å². The first-order valence-electron chi connectivity index (χ1n) is 5.38. The van der Waals surface area contributed by atoms with Crippen LogP contribution in [-0.2, 0) is 0 Å². The van der Waals surface area contributed by atoms with Crippen molar-refractivity contribution in [2.75, 3.05) is 5.73 Å². The van der Waals surface area contributed by atoms with Crippen molar-refractivity contribution in [1.29, 1.82) is 0 Å². The van der Waals surface area contributed by atoms with Crippen molar-refractivity contribution in [3.05, 3.63) is 56.6 Å². The van der Waals surface area contributed by atoms with E-state index in [2.05, 4.69) is 10.2 Å². The Morgan fingerprint density at radius 3 is 2.50 bits per heavy atom. The van der Waals surface area contributed by atoms with Gasteiger partial charge >= 0.3 is 0 Å². The molecule has 8 heteroatoms. The Labute approximate surface area is 124 Å². The summed E-state index contributed by atoms with van der Waals surface area (Å²) in [5.74, 6) is 0. The minimum Gasteiger partial charge on any atom is -0.393 e. The number of nitro benzene ring substituents is 1. The number of halogens is 2. The lowest BCUT2D eigenvalue weighted by atomic mass is 10.2. The zero-order chi connectivity index (χ0) is 14.7. The number of anilines is 1. The minimum atomic E-state index is -0.580. The third-order valence-corrected chi connectivity index (χ3v) is 2.93. The molecule has 0 radical (unpaired) electrons. The fourth-order valence-corrected chi connectivity index (χ4v) is 1.87. The summed E-state index contributed by atoms with van der Waals surface area (Å²) in [6.07, 6.45) is 0.